The molecule has 3 aromatic carbocycles. The van der Waals surface area contributed by atoms with E-state index < -0.39 is 0 Å². The summed E-state index contributed by atoms with van der Waals surface area (Å²) in [5.41, 5.74) is 9.52. The van der Waals surface area contributed by atoms with E-state index in [1.54, 1.807) is 0 Å². The Balaban J connectivity index is 1.77. The van der Waals surface area contributed by atoms with Crippen LogP contribution in [-0.4, -0.2) is 14.6 Å². The lowest BCUT2D eigenvalue weighted by Gasteiger charge is -2.16. The van der Waals surface area contributed by atoms with Crippen molar-refractivity contribution in [2.45, 2.75) is 38.5 Å². The molecule has 0 amide bonds. The van der Waals surface area contributed by atoms with Gasteiger partial charge in [0.1, 0.15) is 0 Å². The van der Waals surface area contributed by atoms with Gasteiger partial charge in [0.25, 0.3) is 0 Å². The van der Waals surface area contributed by atoms with Crippen LogP contribution < -0.4 is 0 Å². The maximum absolute atomic E-state index is 5.31. The van der Waals surface area contributed by atoms with Crippen molar-refractivity contribution in [3.8, 4) is 33.8 Å². The summed E-state index contributed by atoms with van der Waals surface area (Å²) in [6, 6.07) is 31.8. The molecule has 0 N–H and O–H groups in total. The van der Waals surface area contributed by atoms with Gasteiger partial charge in [0.2, 0.25) is 0 Å². The quantitative estimate of drug-likeness (QED) is 0.299. The SMILES string of the molecule is c1ccc(-c2nc(-c3ccccc3)n3nc4c(c3c2-c2ccccc2)CCCCCC4)cc1. The lowest BCUT2D eigenvalue weighted by molar-refractivity contribution is 0.612. The maximum atomic E-state index is 5.31. The predicted molar refractivity (Wildman–Crippen MR) is 135 cm³/mol. The van der Waals surface area contributed by atoms with E-state index in [9.17, 15) is 0 Å². The van der Waals surface area contributed by atoms with E-state index in [1.807, 2.05) is 0 Å². The molecular weight excluding hydrogens is 402 g/mol. The standard InChI is InChI=1S/C30H27N3/c1-2-13-21-26-25(20-12-1)29-27(22-14-6-3-7-15-22)28(23-16-8-4-9-17-23)31-30(33(29)32-26)24-18-10-5-11-19-24/h3-11,14-19H,1-2,12-13,20-21H2. The number of aromatic nitrogens is 3. The normalized spacial score (nSPS) is 13.9. The van der Waals surface area contributed by atoms with Crippen molar-refractivity contribution >= 4 is 5.52 Å². The number of aryl methyl sites for hydroxylation is 2. The molecule has 3 nitrogen and oxygen atoms in total. The minimum Gasteiger partial charge on any atom is -0.227 e. The lowest BCUT2D eigenvalue weighted by atomic mass is 9.92. The smallest absolute Gasteiger partial charge is 0.161 e. The third kappa shape index (κ3) is 3.64. The van der Waals surface area contributed by atoms with Gasteiger partial charge in [-0.3, -0.25) is 0 Å². The van der Waals surface area contributed by atoms with Gasteiger partial charge in [-0.15, -0.1) is 0 Å². The molecule has 0 fully saturated rings. The summed E-state index contributed by atoms with van der Waals surface area (Å²) in [7, 11) is 0. The second kappa shape index (κ2) is 8.67. The molecular formula is C30H27N3. The van der Waals surface area contributed by atoms with E-state index in [1.165, 1.54) is 53.6 Å². The Kier molecular flexibility index (Phi) is 5.23. The predicted octanol–water partition coefficient (Wildman–Crippen LogP) is 7.39. The van der Waals surface area contributed by atoms with Crippen molar-refractivity contribution in [1.29, 1.82) is 0 Å². The van der Waals surface area contributed by atoms with Crippen LogP contribution in [0, 0.1) is 0 Å². The molecule has 0 saturated carbocycles. The van der Waals surface area contributed by atoms with Crippen molar-refractivity contribution in [3.05, 3.63) is 102 Å². The van der Waals surface area contributed by atoms with E-state index >= 15 is 0 Å². The zero-order valence-electron chi connectivity index (χ0n) is 18.7. The van der Waals surface area contributed by atoms with E-state index in [0.717, 1.165) is 35.5 Å². The summed E-state index contributed by atoms with van der Waals surface area (Å²) in [5, 5.41) is 5.21. The fraction of sp³-hybridized carbons (Fsp3) is 0.200. The van der Waals surface area contributed by atoms with E-state index in [-0.39, 0.29) is 0 Å². The first kappa shape index (κ1) is 19.9. The van der Waals surface area contributed by atoms with Crippen molar-refractivity contribution < 1.29 is 0 Å². The summed E-state index contributed by atoms with van der Waals surface area (Å²) in [5.74, 6) is 0.913. The van der Waals surface area contributed by atoms with Crippen molar-refractivity contribution in [1.82, 2.24) is 14.6 Å². The number of nitrogens with zero attached hydrogens (tertiary/aromatic N) is 3. The molecule has 0 radical (unpaired) electrons. The number of fused-ring (bicyclic) bond motifs is 3. The molecule has 2 aromatic heterocycles. The zero-order chi connectivity index (χ0) is 22.0. The highest BCUT2D eigenvalue weighted by atomic mass is 15.3. The lowest BCUT2D eigenvalue weighted by Crippen LogP contribution is -2.04. The third-order valence-electron chi connectivity index (χ3n) is 6.69. The fourth-order valence-corrected chi connectivity index (χ4v) is 5.10. The number of rotatable bonds is 3. The van der Waals surface area contributed by atoms with E-state index in [0.29, 0.717) is 0 Å². The molecule has 0 saturated heterocycles. The zero-order valence-corrected chi connectivity index (χ0v) is 18.7. The van der Waals surface area contributed by atoms with Crippen molar-refractivity contribution in [2.24, 2.45) is 0 Å². The van der Waals surface area contributed by atoms with Crippen molar-refractivity contribution in [3.63, 3.8) is 0 Å². The Morgan fingerprint density at radius 1 is 0.576 bits per heavy atom. The molecule has 33 heavy (non-hydrogen) atoms. The molecule has 162 valence electrons. The van der Waals surface area contributed by atoms with Crippen LogP contribution in [0.15, 0.2) is 91.0 Å². The van der Waals surface area contributed by atoms with Gasteiger partial charge in [0.15, 0.2) is 5.82 Å². The highest BCUT2D eigenvalue weighted by molar-refractivity contribution is 5.94. The highest BCUT2D eigenvalue weighted by Gasteiger charge is 2.25. The van der Waals surface area contributed by atoms with Gasteiger partial charge in [-0.1, -0.05) is 104 Å². The van der Waals surface area contributed by atoms with Crippen LogP contribution in [0.25, 0.3) is 39.3 Å². The van der Waals surface area contributed by atoms with Gasteiger partial charge in [0, 0.05) is 22.3 Å². The monoisotopic (exact) mass is 429 g/mol. The van der Waals surface area contributed by atoms with Gasteiger partial charge in [-0.2, -0.15) is 5.10 Å². The second-order valence-corrected chi connectivity index (χ2v) is 8.86. The van der Waals surface area contributed by atoms with Crippen LogP contribution >= 0.6 is 0 Å². The average molecular weight is 430 g/mol. The van der Waals surface area contributed by atoms with Gasteiger partial charge < -0.3 is 0 Å². The molecule has 0 bridgehead atoms. The molecule has 2 heterocycles. The van der Waals surface area contributed by atoms with Gasteiger partial charge in [-0.25, -0.2) is 9.50 Å². The Labute approximate surface area is 194 Å². The minimum absolute atomic E-state index is 0.913. The maximum Gasteiger partial charge on any atom is 0.161 e. The highest BCUT2D eigenvalue weighted by Crippen LogP contribution is 2.40. The van der Waals surface area contributed by atoms with Gasteiger partial charge in [-0.05, 0) is 31.2 Å². The van der Waals surface area contributed by atoms with E-state index in [4.69, 9.17) is 10.1 Å². The van der Waals surface area contributed by atoms with Crippen LogP contribution in [0.1, 0.15) is 36.9 Å². The molecule has 3 heteroatoms. The molecule has 0 unspecified atom stereocenters. The van der Waals surface area contributed by atoms with Gasteiger partial charge >= 0.3 is 0 Å². The summed E-state index contributed by atoms with van der Waals surface area (Å²) in [4.78, 5) is 5.31. The first-order chi connectivity index (χ1) is 16.4. The van der Waals surface area contributed by atoms with E-state index in [2.05, 4.69) is 95.5 Å². The Morgan fingerprint density at radius 3 is 1.82 bits per heavy atom. The Hall–Kier alpha value is -3.72. The average Bonchev–Trinajstić information content (AvgIpc) is 3.21. The second-order valence-electron chi connectivity index (χ2n) is 8.86. The number of benzene rings is 3. The number of hydrogen-bond donors (Lipinski definition) is 0. The Morgan fingerprint density at radius 2 is 1.15 bits per heavy atom. The third-order valence-corrected chi connectivity index (χ3v) is 6.69. The molecule has 1 aliphatic carbocycles. The topological polar surface area (TPSA) is 30.2 Å². The summed E-state index contributed by atoms with van der Waals surface area (Å²) in [6.07, 6.45) is 7.12. The van der Waals surface area contributed by atoms with Gasteiger partial charge in [0.05, 0.1) is 16.9 Å². The molecule has 1 aliphatic rings. The van der Waals surface area contributed by atoms with Crippen LogP contribution in [0.3, 0.4) is 0 Å². The largest absolute Gasteiger partial charge is 0.227 e. The molecule has 0 aliphatic heterocycles. The fourth-order valence-electron chi connectivity index (χ4n) is 5.10. The van der Waals surface area contributed by atoms with Crippen LogP contribution in [0.4, 0.5) is 0 Å². The first-order valence-electron chi connectivity index (χ1n) is 12.0. The van der Waals surface area contributed by atoms with Crippen LogP contribution in [-0.2, 0) is 12.8 Å². The molecule has 0 spiro atoms. The Bertz CT molecular complexity index is 1390. The molecule has 5 aromatic rings. The summed E-state index contributed by atoms with van der Waals surface area (Å²) >= 11 is 0. The summed E-state index contributed by atoms with van der Waals surface area (Å²) in [6.45, 7) is 0. The molecule has 6 rings (SSSR count). The van der Waals surface area contributed by atoms with Crippen LogP contribution in [0.2, 0.25) is 0 Å². The number of hydrogen-bond acceptors (Lipinski definition) is 2. The molecule has 0 atom stereocenters. The first-order valence-corrected chi connectivity index (χ1v) is 12.0. The summed E-state index contributed by atoms with van der Waals surface area (Å²) < 4.78 is 2.14. The van der Waals surface area contributed by atoms with Crippen LogP contribution in [0.5, 0.6) is 0 Å². The minimum atomic E-state index is 0.913. The van der Waals surface area contributed by atoms with Crippen molar-refractivity contribution in [2.75, 3.05) is 0 Å².